The van der Waals surface area contributed by atoms with Crippen LogP contribution in [0.4, 0.5) is 18.9 Å². The van der Waals surface area contributed by atoms with Crippen molar-refractivity contribution >= 4 is 23.2 Å². The maximum Gasteiger partial charge on any atom is 0.417 e. The van der Waals surface area contributed by atoms with Gasteiger partial charge in [0.2, 0.25) is 0 Å². The van der Waals surface area contributed by atoms with E-state index in [9.17, 15) is 18.0 Å². The Morgan fingerprint density at radius 2 is 1.88 bits per heavy atom. The van der Waals surface area contributed by atoms with Gasteiger partial charge in [-0.1, -0.05) is 23.7 Å². The molecule has 0 heterocycles. The Labute approximate surface area is 148 Å². The second kappa shape index (κ2) is 7.35. The highest BCUT2D eigenvalue weighted by Crippen LogP contribution is 2.36. The smallest absolute Gasteiger partial charge is 0.417 e. The van der Waals surface area contributed by atoms with E-state index in [1.165, 1.54) is 13.0 Å². The number of alkyl halides is 3. The molecule has 134 valence electrons. The standard InChI is InChI=1S/C18H17ClF3NO2/c1-10-5-4-6-16(11(10)2)25-12(3)17(24)23-13-7-8-15(19)14(9-13)18(20,21)22/h4-9,12H,1-3H3,(H,23,24). The predicted octanol–water partition coefficient (Wildman–Crippen LogP) is 5.38. The predicted molar refractivity (Wildman–Crippen MR) is 91.1 cm³/mol. The van der Waals surface area contributed by atoms with Crippen LogP contribution in [0.25, 0.3) is 0 Å². The van der Waals surface area contributed by atoms with Crippen molar-refractivity contribution in [2.45, 2.75) is 33.1 Å². The van der Waals surface area contributed by atoms with Gasteiger partial charge in [0, 0.05) is 5.69 Å². The van der Waals surface area contributed by atoms with Crippen LogP contribution in [0.2, 0.25) is 5.02 Å². The third-order valence-corrected chi connectivity index (χ3v) is 4.10. The van der Waals surface area contributed by atoms with E-state index in [-0.39, 0.29) is 5.69 Å². The van der Waals surface area contributed by atoms with E-state index in [1.807, 2.05) is 19.9 Å². The molecule has 0 aromatic heterocycles. The summed E-state index contributed by atoms with van der Waals surface area (Å²) >= 11 is 5.56. The van der Waals surface area contributed by atoms with E-state index < -0.39 is 28.8 Å². The lowest BCUT2D eigenvalue weighted by Crippen LogP contribution is -2.30. The number of nitrogens with one attached hydrogen (secondary N) is 1. The van der Waals surface area contributed by atoms with Gasteiger partial charge >= 0.3 is 6.18 Å². The monoisotopic (exact) mass is 371 g/mol. The van der Waals surface area contributed by atoms with Crippen molar-refractivity contribution in [3.63, 3.8) is 0 Å². The Morgan fingerprint density at radius 1 is 1.20 bits per heavy atom. The maximum absolute atomic E-state index is 12.9. The first kappa shape index (κ1) is 19.1. The third kappa shape index (κ3) is 4.66. The molecular weight excluding hydrogens is 355 g/mol. The van der Waals surface area contributed by atoms with Gasteiger partial charge in [-0.25, -0.2) is 0 Å². The molecule has 0 radical (unpaired) electrons. The zero-order chi connectivity index (χ0) is 18.8. The number of carbonyl (C=O) groups excluding carboxylic acids is 1. The van der Waals surface area contributed by atoms with Crippen molar-refractivity contribution in [3.8, 4) is 5.75 Å². The molecule has 7 heteroatoms. The van der Waals surface area contributed by atoms with Crippen LogP contribution in [0.5, 0.6) is 5.75 Å². The molecule has 2 aromatic carbocycles. The van der Waals surface area contributed by atoms with Gasteiger partial charge in [0.1, 0.15) is 5.75 Å². The first-order valence-electron chi connectivity index (χ1n) is 7.50. The molecular formula is C18H17ClF3NO2. The minimum atomic E-state index is -4.60. The van der Waals surface area contributed by atoms with Crippen molar-refractivity contribution in [1.82, 2.24) is 0 Å². The molecule has 0 aliphatic rings. The van der Waals surface area contributed by atoms with E-state index in [4.69, 9.17) is 16.3 Å². The van der Waals surface area contributed by atoms with Crippen LogP contribution < -0.4 is 10.1 Å². The highest BCUT2D eigenvalue weighted by atomic mass is 35.5. The molecule has 3 nitrogen and oxygen atoms in total. The molecule has 0 aliphatic carbocycles. The molecule has 2 aromatic rings. The SMILES string of the molecule is Cc1cccc(OC(C)C(=O)Nc2ccc(Cl)c(C(F)(F)F)c2)c1C. The first-order valence-corrected chi connectivity index (χ1v) is 7.88. The van der Waals surface area contributed by atoms with Crippen molar-refractivity contribution < 1.29 is 22.7 Å². The Bertz CT molecular complexity index is 790. The van der Waals surface area contributed by atoms with Crippen molar-refractivity contribution in [2.24, 2.45) is 0 Å². The van der Waals surface area contributed by atoms with E-state index in [1.54, 1.807) is 12.1 Å². The molecule has 2 rings (SSSR count). The largest absolute Gasteiger partial charge is 0.481 e. The minimum absolute atomic E-state index is 0.00172. The van der Waals surface area contributed by atoms with Crippen LogP contribution in [0.15, 0.2) is 36.4 Å². The molecule has 0 spiro atoms. The van der Waals surface area contributed by atoms with Crippen LogP contribution >= 0.6 is 11.6 Å². The summed E-state index contributed by atoms with van der Waals surface area (Å²) in [6, 6.07) is 8.65. The van der Waals surface area contributed by atoms with Crippen LogP contribution in [0, 0.1) is 13.8 Å². The normalized spacial score (nSPS) is 12.6. The number of hydrogen-bond acceptors (Lipinski definition) is 2. The van der Waals surface area contributed by atoms with Gasteiger partial charge < -0.3 is 10.1 Å². The van der Waals surface area contributed by atoms with Crippen molar-refractivity contribution in [2.75, 3.05) is 5.32 Å². The first-order chi connectivity index (χ1) is 11.6. The van der Waals surface area contributed by atoms with Crippen molar-refractivity contribution in [1.29, 1.82) is 0 Å². The fourth-order valence-electron chi connectivity index (χ4n) is 2.16. The second-order valence-corrected chi connectivity index (χ2v) is 6.05. The van der Waals surface area contributed by atoms with Crippen molar-refractivity contribution in [3.05, 3.63) is 58.1 Å². The highest BCUT2D eigenvalue weighted by Gasteiger charge is 2.33. The quantitative estimate of drug-likeness (QED) is 0.783. The average Bonchev–Trinajstić information content (AvgIpc) is 2.52. The number of benzene rings is 2. The highest BCUT2D eigenvalue weighted by molar-refractivity contribution is 6.31. The number of anilines is 1. The van der Waals surface area contributed by atoms with Crippen LogP contribution in [-0.4, -0.2) is 12.0 Å². The zero-order valence-electron chi connectivity index (χ0n) is 13.9. The average molecular weight is 372 g/mol. The third-order valence-electron chi connectivity index (χ3n) is 3.77. The number of aryl methyl sites for hydroxylation is 1. The fourth-order valence-corrected chi connectivity index (χ4v) is 2.38. The lowest BCUT2D eigenvalue weighted by molar-refractivity contribution is -0.137. The molecule has 1 N–H and O–H groups in total. The molecule has 0 saturated carbocycles. The van der Waals surface area contributed by atoms with Gasteiger partial charge in [-0.15, -0.1) is 0 Å². The number of ether oxygens (including phenoxy) is 1. The van der Waals surface area contributed by atoms with E-state index in [2.05, 4.69) is 5.32 Å². The molecule has 0 aliphatic heterocycles. The summed E-state index contributed by atoms with van der Waals surface area (Å²) in [4.78, 5) is 12.2. The summed E-state index contributed by atoms with van der Waals surface area (Å²) in [5, 5.41) is 1.99. The molecule has 25 heavy (non-hydrogen) atoms. The van der Waals surface area contributed by atoms with Gasteiger partial charge in [0.05, 0.1) is 10.6 Å². The fraction of sp³-hybridized carbons (Fsp3) is 0.278. The van der Waals surface area contributed by atoms with Gasteiger partial charge in [-0.05, 0) is 56.2 Å². The molecule has 1 amide bonds. The lowest BCUT2D eigenvalue weighted by atomic mass is 10.1. The molecule has 1 atom stereocenters. The molecule has 0 saturated heterocycles. The maximum atomic E-state index is 12.9. The summed E-state index contributed by atoms with van der Waals surface area (Å²) in [7, 11) is 0. The summed E-state index contributed by atoms with van der Waals surface area (Å²) in [6.45, 7) is 5.31. The van der Waals surface area contributed by atoms with Crippen LogP contribution in [0.1, 0.15) is 23.6 Å². The Kier molecular flexibility index (Phi) is 5.62. The summed E-state index contributed by atoms with van der Waals surface area (Å²) in [5.41, 5.74) is 0.902. The number of amides is 1. The van der Waals surface area contributed by atoms with E-state index >= 15 is 0 Å². The minimum Gasteiger partial charge on any atom is -0.481 e. The summed E-state index contributed by atoms with van der Waals surface area (Å²) in [6.07, 6.45) is -5.48. The Hall–Kier alpha value is -2.21. The summed E-state index contributed by atoms with van der Waals surface area (Å²) < 4.78 is 44.2. The van der Waals surface area contributed by atoms with Gasteiger partial charge in [0.25, 0.3) is 5.91 Å². The van der Waals surface area contributed by atoms with E-state index in [0.29, 0.717) is 5.75 Å². The number of carbonyl (C=O) groups is 1. The lowest BCUT2D eigenvalue weighted by Gasteiger charge is -2.18. The topological polar surface area (TPSA) is 38.3 Å². The Morgan fingerprint density at radius 3 is 2.52 bits per heavy atom. The number of halogens is 4. The number of rotatable bonds is 4. The Balaban J connectivity index is 2.13. The molecule has 0 bridgehead atoms. The number of hydrogen-bond donors (Lipinski definition) is 1. The zero-order valence-corrected chi connectivity index (χ0v) is 14.6. The van der Waals surface area contributed by atoms with Gasteiger partial charge in [-0.2, -0.15) is 13.2 Å². The van der Waals surface area contributed by atoms with Gasteiger partial charge in [0.15, 0.2) is 6.10 Å². The summed E-state index contributed by atoms with van der Waals surface area (Å²) in [5.74, 6) is -0.00825. The van der Waals surface area contributed by atoms with Crippen LogP contribution in [-0.2, 0) is 11.0 Å². The molecule has 1 unspecified atom stereocenters. The second-order valence-electron chi connectivity index (χ2n) is 5.64. The molecule has 0 fully saturated rings. The van der Waals surface area contributed by atoms with E-state index in [0.717, 1.165) is 23.3 Å². The van der Waals surface area contributed by atoms with Crippen LogP contribution in [0.3, 0.4) is 0 Å². The van der Waals surface area contributed by atoms with Gasteiger partial charge in [-0.3, -0.25) is 4.79 Å².